The molecule has 0 spiro atoms. The zero-order valence-corrected chi connectivity index (χ0v) is 11.6. The van der Waals surface area contributed by atoms with Crippen LogP contribution in [0, 0.1) is 0 Å². The van der Waals surface area contributed by atoms with Gasteiger partial charge in [-0.25, -0.2) is 4.79 Å². The first kappa shape index (κ1) is 13.9. The van der Waals surface area contributed by atoms with E-state index < -0.39 is 6.09 Å². The molecule has 19 heavy (non-hydrogen) atoms. The van der Waals surface area contributed by atoms with E-state index in [0.717, 1.165) is 12.3 Å². The Bertz CT molecular complexity index is 407. The van der Waals surface area contributed by atoms with Gasteiger partial charge in [0.15, 0.2) is 0 Å². The van der Waals surface area contributed by atoms with Crippen molar-refractivity contribution in [3.05, 3.63) is 35.4 Å². The van der Waals surface area contributed by atoms with Crippen molar-refractivity contribution in [1.82, 2.24) is 4.90 Å². The fourth-order valence-corrected chi connectivity index (χ4v) is 2.78. The second-order valence-electron chi connectivity index (χ2n) is 5.53. The van der Waals surface area contributed by atoms with E-state index in [-0.39, 0.29) is 0 Å². The highest BCUT2D eigenvalue weighted by Gasteiger charge is 2.15. The number of likely N-dealkylation sites (N-methyl/N-ethyl adjacent to an activating group) is 1. The van der Waals surface area contributed by atoms with E-state index in [1.165, 1.54) is 48.1 Å². The van der Waals surface area contributed by atoms with Gasteiger partial charge >= 0.3 is 6.09 Å². The van der Waals surface area contributed by atoms with Crippen LogP contribution >= 0.6 is 0 Å². The van der Waals surface area contributed by atoms with Gasteiger partial charge in [0.2, 0.25) is 0 Å². The summed E-state index contributed by atoms with van der Waals surface area (Å²) in [5.41, 5.74) is 2.67. The van der Waals surface area contributed by atoms with Crippen LogP contribution in [0.25, 0.3) is 0 Å². The molecule has 1 amide bonds. The molecule has 1 aliphatic carbocycles. The van der Waals surface area contributed by atoms with Crippen molar-refractivity contribution in [3.8, 4) is 0 Å². The Morgan fingerprint density at radius 2 is 1.84 bits per heavy atom. The molecule has 0 unspecified atom stereocenters. The van der Waals surface area contributed by atoms with Crippen LogP contribution in [0.15, 0.2) is 24.3 Å². The maximum atomic E-state index is 10.7. The van der Waals surface area contributed by atoms with Crippen LogP contribution < -0.4 is 0 Å². The van der Waals surface area contributed by atoms with Crippen LogP contribution in [0.2, 0.25) is 0 Å². The Kier molecular flexibility index (Phi) is 4.83. The first-order chi connectivity index (χ1) is 9.16. The minimum absolute atomic E-state index is 0.554. The molecule has 3 nitrogen and oxygen atoms in total. The molecule has 1 aromatic carbocycles. The molecule has 0 atom stereocenters. The quantitative estimate of drug-likeness (QED) is 0.893. The Labute approximate surface area is 115 Å². The van der Waals surface area contributed by atoms with Gasteiger partial charge in [-0.15, -0.1) is 0 Å². The Morgan fingerprint density at radius 3 is 2.42 bits per heavy atom. The number of benzene rings is 1. The van der Waals surface area contributed by atoms with E-state index in [2.05, 4.69) is 24.3 Å². The Hall–Kier alpha value is -1.51. The standard InChI is InChI=1S/C16H23NO2/c1-17(16(18)19)12-11-13-7-9-15(10-8-13)14-5-3-2-4-6-14/h7-10,14H,2-6,11-12H2,1H3,(H,18,19). The van der Waals surface area contributed by atoms with E-state index in [4.69, 9.17) is 5.11 Å². The summed E-state index contributed by atoms with van der Waals surface area (Å²) in [7, 11) is 1.61. The van der Waals surface area contributed by atoms with Crippen LogP contribution in [0.3, 0.4) is 0 Å². The van der Waals surface area contributed by atoms with Gasteiger partial charge in [0.05, 0.1) is 0 Å². The van der Waals surface area contributed by atoms with Gasteiger partial charge in [0, 0.05) is 13.6 Å². The van der Waals surface area contributed by atoms with Gasteiger partial charge in [0.25, 0.3) is 0 Å². The summed E-state index contributed by atoms with van der Waals surface area (Å²) in [5, 5.41) is 8.80. The highest BCUT2D eigenvalue weighted by atomic mass is 16.4. The first-order valence-electron chi connectivity index (χ1n) is 7.19. The molecule has 0 heterocycles. The molecule has 0 saturated heterocycles. The number of nitrogens with zero attached hydrogens (tertiary/aromatic N) is 1. The van der Waals surface area contributed by atoms with Gasteiger partial charge in [-0.3, -0.25) is 0 Å². The molecule has 1 aromatic rings. The van der Waals surface area contributed by atoms with Gasteiger partial charge in [0.1, 0.15) is 0 Å². The number of hydrogen-bond acceptors (Lipinski definition) is 1. The third kappa shape index (κ3) is 3.98. The molecule has 104 valence electrons. The minimum atomic E-state index is -0.862. The molecule has 3 heteroatoms. The zero-order chi connectivity index (χ0) is 13.7. The molecule has 1 saturated carbocycles. The average molecular weight is 261 g/mol. The fourth-order valence-electron chi connectivity index (χ4n) is 2.78. The zero-order valence-electron chi connectivity index (χ0n) is 11.6. The summed E-state index contributed by atoms with van der Waals surface area (Å²) in [4.78, 5) is 12.0. The summed E-state index contributed by atoms with van der Waals surface area (Å²) in [5.74, 6) is 0.740. The van der Waals surface area contributed by atoms with Gasteiger partial charge in [-0.05, 0) is 36.3 Å². The van der Waals surface area contributed by atoms with Crippen molar-refractivity contribution in [2.45, 2.75) is 44.4 Å². The summed E-state index contributed by atoms with van der Waals surface area (Å²) < 4.78 is 0. The maximum Gasteiger partial charge on any atom is 0.407 e. The highest BCUT2D eigenvalue weighted by Crippen LogP contribution is 2.32. The summed E-state index contributed by atoms with van der Waals surface area (Å²) >= 11 is 0. The number of rotatable bonds is 4. The highest BCUT2D eigenvalue weighted by molar-refractivity contribution is 5.64. The lowest BCUT2D eigenvalue weighted by molar-refractivity contribution is 0.156. The molecule has 1 N–H and O–H groups in total. The second-order valence-corrected chi connectivity index (χ2v) is 5.53. The maximum absolute atomic E-state index is 10.7. The van der Waals surface area contributed by atoms with Crippen LogP contribution in [-0.4, -0.2) is 29.7 Å². The molecule has 0 aliphatic heterocycles. The smallest absolute Gasteiger partial charge is 0.407 e. The summed E-state index contributed by atoms with van der Waals surface area (Å²) in [6.07, 6.45) is 6.66. The minimum Gasteiger partial charge on any atom is -0.465 e. The molecule has 0 bridgehead atoms. The SMILES string of the molecule is CN(CCc1ccc(C2CCCCC2)cc1)C(=O)O. The van der Waals surface area contributed by atoms with Gasteiger partial charge < -0.3 is 10.0 Å². The molecular weight excluding hydrogens is 238 g/mol. The summed E-state index contributed by atoms with van der Waals surface area (Å²) in [6, 6.07) is 8.76. The van der Waals surface area contributed by atoms with Crippen LogP contribution in [0.1, 0.15) is 49.1 Å². The van der Waals surface area contributed by atoms with Crippen molar-refractivity contribution < 1.29 is 9.90 Å². The molecule has 1 fully saturated rings. The number of carboxylic acid groups (broad SMARTS) is 1. The first-order valence-corrected chi connectivity index (χ1v) is 7.19. The lowest BCUT2D eigenvalue weighted by Gasteiger charge is -2.22. The largest absolute Gasteiger partial charge is 0.465 e. The normalized spacial score (nSPS) is 16.3. The number of carbonyl (C=O) groups is 1. The Balaban J connectivity index is 1.89. The van der Waals surface area contributed by atoms with Crippen LogP contribution in [0.5, 0.6) is 0 Å². The molecule has 0 aromatic heterocycles. The predicted octanol–water partition coefficient (Wildman–Crippen LogP) is 3.89. The molecule has 2 rings (SSSR count). The van der Waals surface area contributed by atoms with E-state index in [0.29, 0.717) is 6.54 Å². The van der Waals surface area contributed by atoms with E-state index in [1.807, 2.05) is 0 Å². The topological polar surface area (TPSA) is 40.5 Å². The molecular formula is C16H23NO2. The van der Waals surface area contributed by atoms with Crippen molar-refractivity contribution in [1.29, 1.82) is 0 Å². The van der Waals surface area contributed by atoms with Gasteiger partial charge in [-0.1, -0.05) is 43.5 Å². The lowest BCUT2D eigenvalue weighted by Crippen LogP contribution is -2.26. The van der Waals surface area contributed by atoms with Gasteiger partial charge in [-0.2, -0.15) is 0 Å². The second kappa shape index (κ2) is 6.60. The van der Waals surface area contributed by atoms with Crippen LogP contribution in [0.4, 0.5) is 4.79 Å². The fraction of sp³-hybridized carbons (Fsp3) is 0.562. The van der Waals surface area contributed by atoms with Crippen molar-refractivity contribution in [2.24, 2.45) is 0 Å². The van der Waals surface area contributed by atoms with Crippen LogP contribution in [-0.2, 0) is 6.42 Å². The Morgan fingerprint density at radius 1 is 1.21 bits per heavy atom. The third-order valence-electron chi connectivity index (χ3n) is 4.12. The summed E-state index contributed by atoms with van der Waals surface area (Å²) in [6.45, 7) is 0.554. The molecule has 0 radical (unpaired) electrons. The lowest BCUT2D eigenvalue weighted by atomic mass is 9.84. The predicted molar refractivity (Wildman–Crippen MR) is 76.6 cm³/mol. The van der Waals surface area contributed by atoms with Crippen molar-refractivity contribution in [2.75, 3.05) is 13.6 Å². The average Bonchev–Trinajstić information content (AvgIpc) is 2.46. The molecule has 1 aliphatic rings. The van der Waals surface area contributed by atoms with E-state index >= 15 is 0 Å². The van der Waals surface area contributed by atoms with Crippen molar-refractivity contribution >= 4 is 6.09 Å². The number of hydrogen-bond donors (Lipinski definition) is 1. The number of amides is 1. The monoisotopic (exact) mass is 261 g/mol. The van der Waals surface area contributed by atoms with E-state index in [1.54, 1.807) is 7.05 Å². The van der Waals surface area contributed by atoms with Crippen molar-refractivity contribution in [3.63, 3.8) is 0 Å². The van der Waals surface area contributed by atoms with E-state index in [9.17, 15) is 4.79 Å². The third-order valence-corrected chi connectivity index (χ3v) is 4.12.